The van der Waals surface area contributed by atoms with Crippen molar-refractivity contribution in [2.45, 2.75) is 27.4 Å². The molecule has 0 fully saturated rings. The van der Waals surface area contributed by atoms with E-state index in [4.69, 9.17) is 16.4 Å². The Labute approximate surface area is 100 Å². The van der Waals surface area contributed by atoms with Gasteiger partial charge >= 0.3 is 0 Å². The van der Waals surface area contributed by atoms with Gasteiger partial charge in [0.2, 0.25) is 0 Å². The van der Waals surface area contributed by atoms with E-state index < -0.39 is 5.82 Å². The van der Waals surface area contributed by atoms with Crippen LogP contribution in [-0.2, 0) is 11.4 Å². The average molecular weight is 244 g/mol. The largest absolute Gasteiger partial charge is 0.391 e. The van der Waals surface area contributed by atoms with Crippen LogP contribution in [0.25, 0.3) is 0 Å². The monoisotopic (exact) mass is 243 g/mol. The molecule has 0 heterocycles. The number of hydrogen-bond donors (Lipinski definition) is 0. The maximum atomic E-state index is 12.8. The van der Waals surface area contributed by atoms with E-state index in [1.54, 1.807) is 12.3 Å². The van der Waals surface area contributed by atoms with Gasteiger partial charge in [0.25, 0.3) is 0 Å². The molecule has 0 aliphatic heterocycles. The Balaban J connectivity index is 2.50. The predicted molar refractivity (Wildman–Crippen MR) is 64.1 cm³/mol. The predicted octanol–water partition coefficient (Wildman–Crippen LogP) is 4.03. The lowest BCUT2D eigenvalue weighted by atomic mass is 10.00. The number of benzene rings is 1. The van der Waals surface area contributed by atoms with Gasteiger partial charge in [0.05, 0.1) is 5.02 Å². The lowest BCUT2D eigenvalue weighted by Gasteiger charge is -2.09. The van der Waals surface area contributed by atoms with Crippen molar-refractivity contribution in [3.05, 3.63) is 34.6 Å². The van der Waals surface area contributed by atoms with Crippen LogP contribution in [-0.4, -0.2) is 6.21 Å². The van der Waals surface area contributed by atoms with E-state index in [9.17, 15) is 4.39 Å². The second kappa shape index (κ2) is 5.30. The van der Waals surface area contributed by atoms with E-state index in [0.29, 0.717) is 0 Å². The first-order chi connectivity index (χ1) is 7.38. The molecule has 0 atom stereocenters. The molecule has 2 nitrogen and oxygen atoms in total. The van der Waals surface area contributed by atoms with E-state index in [0.717, 1.165) is 5.56 Å². The Bertz CT molecular complexity index is 385. The van der Waals surface area contributed by atoms with Gasteiger partial charge in [-0.25, -0.2) is 4.39 Å². The summed E-state index contributed by atoms with van der Waals surface area (Å²) in [6.07, 6.45) is 1.72. The highest BCUT2D eigenvalue weighted by molar-refractivity contribution is 6.30. The Morgan fingerprint density at radius 3 is 2.69 bits per heavy atom. The van der Waals surface area contributed by atoms with Crippen LogP contribution in [0.5, 0.6) is 0 Å². The van der Waals surface area contributed by atoms with Crippen molar-refractivity contribution in [2.24, 2.45) is 10.6 Å². The number of rotatable bonds is 3. The first-order valence-corrected chi connectivity index (χ1v) is 5.37. The van der Waals surface area contributed by atoms with Crippen molar-refractivity contribution in [2.75, 3.05) is 0 Å². The third-order valence-electron chi connectivity index (χ3n) is 1.73. The minimum atomic E-state index is -0.427. The fraction of sp³-hybridized carbons (Fsp3) is 0.417. The van der Waals surface area contributed by atoms with Gasteiger partial charge in [-0.05, 0) is 17.7 Å². The zero-order chi connectivity index (χ0) is 12.2. The van der Waals surface area contributed by atoms with Crippen LogP contribution in [0, 0.1) is 11.2 Å². The van der Waals surface area contributed by atoms with Crippen LogP contribution >= 0.6 is 11.6 Å². The third kappa shape index (κ3) is 4.62. The number of oxime groups is 1. The highest BCUT2D eigenvalue weighted by atomic mass is 35.5. The van der Waals surface area contributed by atoms with Crippen molar-refractivity contribution in [3.8, 4) is 0 Å². The molecule has 16 heavy (non-hydrogen) atoms. The molecule has 0 amide bonds. The molecule has 4 heteroatoms. The Morgan fingerprint density at radius 1 is 1.44 bits per heavy atom. The summed E-state index contributed by atoms with van der Waals surface area (Å²) in [5, 5.41) is 3.93. The minimum Gasteiger partial charge on any atom is -0.391 e. The Morgan fingerprint density at radius 2 is 2.12 bits per heavy atom. The van der Waals surface area contributed by atoms with Crippen LogP contribution < -0.4 is 0 Å². The first-order valence-electron chi connectivity index (χ1n) is 4.99. The van der Waals surface area contributed by atoms with Gasteiger partial charge < -0.3 is 4.84 Å². The Hall–Kier alpha value is -1.09. The number of hydrogen-bond acceptors (Lipinski definition) is 2. The van der Waals surface area contributed by atoms with Crippen molar-refractivity contribution in [3.63, 3.8) is 0 Å². The summed E-state index contributed by atoms with van der Waals surface area (Å²) >= 11 is 5.63. The maximum Gasteiger partial charge on any atom is 0.142 e. The SMILES string of the molecule is CC(C)(C)C=NOCc1ccc(F)c(Cl)c1. The van der Waals surface area contributed by atoms with E-state index in [1.807, 2.05) is 20.8 Å². The lowest BCUT2D eigenvalue weighted by Crippen LogP contribution is -2.06. The molecule has 0 spiro atoms. The molecule has 88 valence electrons. The molecule has 0 radical (unpaired) electrons. The fourth-order valence-corrected chi connectivity index (χ4v) is 1.14. The topological polar surface area (TPSA) is 21.6 Å². The van der Waals surface area contributed by atoms with Crippen molar-refractivity contribution in [1.29, 1.82) is 0 Å². The molecule has 0 saturated heterocycles. The lowest BCUT2D eigenvalue weighted by molar-refractivity contribution is 0.129. The van der Waals surface area contributed by atoms with Crippen LogP contribution in [0.4, 0.5) is 4.39 Å². The molecule has 1 aromatic carbocycles. The highest BCUT2D eigenvalue weighted by Crippen LogP contribution is 2.16. The summed E-state index contributed by atoms with van der Waals surface area (Å²) in [5.41, 5.74) is 0.776. The molecule has 0 aliphatic carbocycles. The van der Waals surface area contributed by atoms with Gasteiger partial charge in [0.15, 0.2) is 0 Å². The summed E-state index contributed by atoms with van der Waals surface area (Å²) in [5.74, 6) is -0.427. The Kier molecular flexibility index (Phi) is 4.30. The minimum absolute atomic E-state index is 0.0135. The summed E-state index contributed by atoms with van der Waals surface area (Å²) in [6.45, 7) is 6.35. The van der Waals surface area contributed by atoms with Gasteiger partial charge in [-0.1, -0.05) is 43.6 Å². The van der Waals surface area contributed by atoms with E-state index in [2.05, 4.69) is 5.16 Å². The van der Waals surface area contributed by atoms with Gasteiger partial charge in [-0.15, -0.1) is 0 Å². The smallest absolute Gasteiger partial charge is 0.142 e. The second-order valence-electron chi connectivity index (χ2n) is 4.62. The van der Waals surface area contributed by atoms with Gasteiger partial charge in [0.1, 0.15) is 12.4 Å². The normalized spacial score (nSPS) is 12.1. The number of halogens is 2. The fourth-order valence-electron chi connectivity index (χ4n) is 0.937. The van der Waals surface area contributed by atoms with Crippen LogP contribution in [0.1, 0.15) is 26.3 Å². The highest BCUT2D eigenvalue weighted by Gasteiger charge is 2.05. The molecular formula is C12H15ClFNO. The summed E-state index contributed by atoms with van der Waals surface area (Å²) in [6, 6.07) is 4.46. The molecule has 0 unspecified atom stereocenters. The maximum absolute atomic E-state index is 12.8. The van der Waals surface area contributed by atoms with Crippen LogP contribution in [0.2, 0.25) is 5.02 Å². The van der Waals surface area contributed by atoms with Crippen LogP contribution in [0.15, 0.2) is 23.4 Å². The van der Waals surface area contributed by atoms with Gasteiger partial charge in [0, 0.05) is 11.6 Å². The molecule has 1 aromatic rings. The summed E-state index contributed by atoms with van der Waals surface area (Å²) in [7, 11) is 0. The van der Waals surface area contributed by atoms with Crippen molar-refractivity contribution < 1.29 is 9.23 Å². The van der Waals surface area contributed by atoms with Crippen molar-refractivity contribution in [1.82, 2.24) is 0 Å². The second-order valence-corrected chi connectivity index (χ2v) is 5.03. The molecule has 0 N–H and O–H groups in total. The molecule has 0 saturated carbocycles. The van der Waals surface area contributed by atoms with Gasteiger partial charge in [-0.2, -0.15) is 0 Å². The summed E-state index contributed by atoms with van der Waals surface area (Å²) in [4.78, 5) is 5.08. The molecule has 0 aliphatic rings. The molecule has 0 aromatic heterocycles. The van der Waals surface area contributed by atoms with E-state index in [1.165, 1.54) is 12.1 Å². The zero-order valence-corrected chi connectivity index (χ0v) is 10.4. The summed E-state index contributed by atoms with van der Waals surface area (Å²) < 4.78 is 12.8. The zero-order valence-electron chi connectivity index (χ0n) is 9.63. The average Bonchev–Trinajstić information content (AvgIpc) is 2.17. The first kappa shape index (κ1) is 13.0. The van der Waals surface area contributed by atoms with E-state index in [-0.39, 0.29) is 17.0 Å². The molecule has 1 rings (SSSR count). The van der Waals surface area contributed by atoms with E-state index >= 15 is 0 Å². The van der Waals surface area contributed by atoms with Gasteiger partial charge in [-0.3, -0.25) is 0 Å². The number of nitrogens with zero attached hydrogens (tertiary/aromatic N) is 1. The van der Waals surface area contributed by atoms with Crippen LogP contribution in [0.3, 0.4) is 0 Å². The third-order valence-corrected chi connectivity index (χ3v) is 2.02. The van der Waals surface area contributed by atoms with Crippen molar-refractivity contribution >= 4 is 17.8 Å². The molecule has 0 bridgehead atoms. The molecular weight excluding hydrogens is 229 g/mol. The standard InChI is InChI=1S/C12H15ClFNO/c1-12(2,3)8-15-16-7-9-4-5-11(14)10(13)6-9/h4-6,8H,7H2,1-3H3. The quantitative estimate of drug-likeness (QED) is 0.580.